The summed E-state index contributed by atoms with van der Waals surface area (Å²) in [7, 11) is 0. The highest BCUT2D eigenvalue weighted by molar-refractivity contribution is 6.13. The predicted octanol–water partition coefficient (Wildman–Crippen LogP) is 2.37. The van der Waals surface area contributed by atoms with Crippen LogP contribution in [0.25, 0.3) is 21.8 Å². The molecule has 0 aliphatic rings. The summed E-state index contributed by atoms with van der Waals surface area (Å²) < 4.78 is 2.11. The van der Waals surface area contributed by atoms with Crippen molar-refractivity contribution in [1.29, 1.82) is 0 Å². The summed E-state index contributed by atoms with van der Waals surface area (Å²) in [6.07, 6.45) is 0. The van der Waals surface area contributed by atoms with Crippen LogP contribution in [0.2, 0.25) is 0 Å². The second-order valence-electron chi connectivity index (χ2n) is 4.13. The minimum atomic E-state index is 0.128. The van der Waals surface area contributed by atoms with Crippen LogP contribution in [0.4, 0.5) is 5.69 Å². The molecule has 1 heterocycles. The van der Waals surface area contributed by atoms with Crippen molar-refractivity contribution in [3.8, 4) is 0 Å². The van der Waals surface area contributed by atoms with E-state index in [-0.39, 0.29) is 6.61 Å². The quantitative estimate of drug-likeness (QED) is 0.659. The van der Waals surface area contributed by atoms with Crippen LogP contribution in [0.15, 0.2) is 42.5 Å². The summed E-state index contributed by atoms with van der Waals surface area (Å²) in [5.74, 6) is 0. The normalized spacial score (nSPS) is 11.4. The van der Waals surface area contributed by atoms with Crippen molar-refractivity contribution >= 4 is 27.5 Å². The zero-order valence-corrected chi connectivity index (χ0v) is 9.43. The van der Waals surface area contributed by atoms with Crippen LogP contribution in [0.1, 0.15) is 0 Å². The SMILES string of the molecule is Nc1cccc2c1c1ccccc1n2CCO. The predicted molar refractivity (Wildman–Crippen MR) is 70.9 cm³/mol. The molecule has 86 valence electrons. The molecule has 0 unspecified atom stereocenters. The number of aromatic nitrogens is 1. The van der Waals surface area contributed by atoms with Gasteiger partial charge in [-0.25, -0.2) is 0 Å². The third-order valence-corrected chi connectivity index (χ3v) is 3.15. The smallest absolute Gasteiger partial charge is 0.0610 e. The Morgan fingerprint density at radius 2 is 1.76 bits per heavy atom. The first-order chi connectivity index (χ1) is 8.33. The monoisotopic (exact) mass is 226 g/mol. The lowest BCUT2D eigenvalue weighted by atomic mass is 10.1. The Morgan fingerprint density at radius 3 is 2.59 bits per heavy atom. The summed E-state index contributed by atoms with van der Waals surface area (Å²) in [5, 5.41) is 11.4. The number of benzene rings is 2. The van der Waals surface area contributed by atoms with Gasteiger partial charge in [-0.2, -0.15) is 0 Å². The number of anilines is 1. The van der Waals surface area contributed by atoms with E-state index in [1.54, 1.807) is 0 Å². The van der Waals surface area contributed by atoms with Crippen molar-refractivity contribution < 1.29 is 5.11 Å². The first-order valence-corrected chi connectivity index (χ1v) is 5.69. The third-order valence-electron chi connectivity index (χ3n) is 3.15. The average molecular weight is 226 g/mol. The van der Waals surface area contributed by atoms with E-state index in [1.807, 2.05) is 30.3 Å². The molecule has 2 aromatic carbocycles. The molecular formula is C14H14N2O. The molecule has 3 aromatic rings. The van der Waals surface area contributed by atoms with Gasteiger partial charge < -0.3 is 15.4 Å². The fraction of sp³-hybridized carbons (Fsp3) is 0.143. The van der Waals surface area contributed by atoms with Gasteiger partial charge in [0.15, 0.2) is 0 Å². The number of aliphatic hydroxyl groups is 1. The number of para-hydroxylation sites is 1. The van der Waals surface area contributed by atoms with E-state index in [1.165, 1.54) is 0 Å². The summed E-state index contributed by atoms with van der Waals surface area (Å²) in [6, 6.07) is 14.1. The first-order valence-electron chi connectivity index (χ1n) is 5.69. The molecule has 3 N–H and O–H groups in total. The molecule has 1 aromatic heterocycles. The van der Waals surface area contributed by atoms with E-state index in [2.05, 4.69) is 16.7 Å². The van der Waals surface area contributed by atoms with Gasteiger partial charge in [0.1, 0.15) is 0 Å². The van der Waals surface area contributed by atoms with Gasteiger partial charge in [-0.15, -0.1) is 0 Å². The molecule has 0 aliphatic heterocycles. The highest BCUT2D eigenvalue weighted by Crippen LogP contribution is 2.32. The molecule has 17 heavy (non-hydrogen) atoms. The number of hydrogen-bond acceptors (Lipinski definition) is 2. The summed E-state index contributed by atoms with van der Waals surface area (Å²) in [5.41, 5.74) is 9.05. The fourth-order valence-corrected chi connectivity index (χ4v) is 2.47. The molecule has 0 spiro atoms. The second-order valence-corrected chi connectivity index (χ2v) is 4.13. The topological polar surface area (TPSA) is 51.2 Å². The molecule has 3 heteroatoms. The first kappa shape index (κ1) is 10.2. The van der Waals surface area contributed by atoms with Gasteiger partial charge in [0.2, 0.25) is 0 Å². The van der Waals surface area contributed by atoms with Crippen LogP contribution in [-0.2, 0) is 6.54 Å². The van der Waals surface area contributed by atoms with E-state index in [0.717, 1.165) is 27.5 Å². The lowest BCUT2D eigenvalue weighted by Gasteiger charge is -2.04. The molecule has 0 radical (unpaired) electrons. The van der Waals surface area contributed by atoms with Gasteiger partial charge >= 0.3 is 0 Å². The molecule has 0 amide bonds. The van der Waals surface area contributed by atoms with Crippen molar-refractivity contribution in [3.63, 3.8) is 0 Å². The van der Waals surface area contributed by atoms with E-state index in [4.69, 9.17) is 5.73 Å². The molecule has 0 bridgehead atoms. The molecule has 0 atom stereocenters. The highest BCUT2D eigenvalue weighted by Gasteiger charge is 2.11. The third kappa shape index (κ3) is 1.40. The largest absolute Gasteiger partial charge is 0.398 e. The van der Waals surface area contributed by atoms with Gasteiger partial charge in [-0.05, 0) is 18.2 Å². The maximum Gasteiger partial charge on any atom is 0.0610 e. The standard InChI is InChI=1S/C14H14N2O/c15-11-5-3-7-13-14(11)10-4-1-2-6-12(10)16(13)8-9-17/h1-7,17H,8-9,15H2. The van der Waals surface area contributed by atoms with Crippen LogP contribution in [0.3, 0.4) is 0 Å². The van der Waals surface area contributed by atoms with Crippen molar-refractivity contribution in [1.82, 2.24) is 4.57 Å². The van der Waals surface area contributed by atoms with Gasteiger partial charge in [0.25, 0.3) is 0 Å². The fourth-order valence-electron chi connectivity index (χ4n) is 2.47. The van der Waals surface area contributed by atoms with Crippen LogP contribution in [0, 0.1) is 0 Å². The molecule has 3 rings (SSSR count). The van der Waals surface area contributed by atoms with Crippen molar-refractivity contribution in [2.45, 2.75) is 6.54 Å². The Hall–Kier alpha value is -2.00. The number of rotatable bonds is 2. The molecule has 0 saturated heterocycles. The Bertz CT molecular complexity index is 685. The molecule has 0 aliphatic carbocycles. The Balaban J connectivity index is 2.53. The maximum absolute atomic E-state index is 9.17. The van der Waals surface area contributed by atoms with Crippen LogP contribution < -0.4 is 5.73 Å². The Labute approximate surface area is 99.1 Å². The Kier molecular flexibility index (Phi) is 2.27. The molecular weight excluding hydrogens is 212 g/mol. The number of hydrogen-bond donors (Lipinski definition) is 2. The lowest BCUT2D eigenvalue weighted by molar-refractivity contribution is 0.280. The van der Waals surface area contributed by atoms with Crippen molar-refractivity contribution in [2.24, 2.45) is 0 Å². The number of nitrogen functional groups attached to an aromatic ring is 1. The highest BCUT2D eigenvalue weighted by atomic mass is 16.3. The summed E-state index contributed by atoms with van der Waals surface area (Å²) in [4.78, 5) is 0. The van der Waals surface area contributed by atoms with Gasteiger partial charge in [0, 0.05) is 28.5 Å². The van der Waals surface area contributed by atoms with E-state index < -0.39 is 0 Å². The van der Waals surface area contributed by atoms with E-state index in [9.17, 15) is 5.11 Å². The van der Waals surface area contributed by atoms with Gasteiger partial charge in [-0.3, -0.25) is 0 Å². The average Bonchev–Trinajstić information content (AvgIpc) is 2.66. The minimum absolute atomic E-state index is 0.128. The van der Waals surface area contributed by atoms with E-state index >= 15 is 0 Å². The van der Waals surface area contributed by atoms with Crippen molar-refractivity contribution in [2.75, 3.05) is 12.3 Å². The number of nitrogens with two attached hydrogens (primary N) is 1. The molecule has 3 nitrogen and oxygen atoms in total. The second kappa shape index (κ2) is 3.79. The van der Waals surface area contributed by atoms with Gasteiger partial charge in [0.05, 0.1) is 12.1 Å². The van der Waals surface area contributed by atoms with Crippen LogP contribution >= 0.6 is 0 Å². The Morgan fingerprint density at radius 1 is 1.00 bits per heavy atom. The summed E-state index contributed by atoms with van der Waals surface area (Å²) >= 11 is 0. The summed E-state index contributed by atoms with van der Waals surface area (Å²) in [6.45, 7) is 0.718. The minimum Gasteiger partial charge on any atom is -0.398 e. The zero-order chi connectivity index (χ0) is 11.8. The number of aliphatic hydroxyl groups excluding tert-OH is 1. The van der Waals surface area contributed by atoms with Crippen LogP contribution in [-0.4, -0.2) is 16.3 Å². The van der Waals surface area contributed by atoms with Gasteiger partial charge in [-0.1, -0.05) is 24.3 Å². The number of nitrogens with zero attached hydrogens (tertiary/aromatic N) is 1. The van der Waals surface area contributed by atoms with Crippen molar-refractivity contribution in [3.05, 3.63) is 42.5 Å². The van der Waals surface area contributed by atoms with Crippen LogP contribution in [0.5, 0.6) is 0 Å². The van der Waals surface area contributed by atoms with E-state index in [0.29, 0.717) is 6.54 Å². The zero-order valence-electron chi connectivity index (χ0n) is 9.43. The lowest BCUT2D eigenvalue weighted by Crippen LogP contribution is -2.01. The maximum atomic E-state index is 9.17. The molecule has 0 saturated carbocycles. The number of fused-ring (bicyclic) bond motifs is 3. The molecule has 0 fully saturated rings.